The van der Waals surface area contributed by atoms with Gasteiger partial charge in [-0.25, -0.2) is 0 Å². The summed E-state index contributed by atoms with van der Waals surface area (Å²) in [6.07, 6.45) is 0. The van der Waals surface area contributed by atoms with Gasteiger partial charge in [-0.05, 0) is 64.2 Å². The van der Waals surface area contributed by atoms with Crippen LogP contribution in [0, 0.1) is 13.8 Å². The highest BCUT2D eigenvalue weighted by Crippen LogP contribution is 2.34. The molecule has 0 aliphatic rings. The van der Waals surface area contributed by atoms with E-state index in [9.17, 15) is 0 Å². The Labute approximate surface area is 127 Å². The van der Waals surface area contributed by atoms with E-state index in [1.54, 1.807) is 7.11 Å². The highest BCUT2D eigenvalue weighted by atomic mass is 79.9. The van der Waals surface area contributed by atoms with E-state index in [0.29, 0.717) is 0 Å². The van der Waals surface area contributed by atoms with Crippen molar-refractivity contribution in [3.8, 4) is 5.75 Å². The third-order valence-corrected chi connectivity index (χ3v) is 4.42. The molecule has 0 bridgehead atoms. The third kappa shape index (κ3) is 3.13. The van der Waals surface area contributed by atoms with Crippen LogP contribution in [-0.4, -0.2) is 7.11 Å². The maximum absolute atomic E-state index is 6.56. The molecule has 0 N–H and O–H groups in total. The van der Waals surface area contributed by atoms with Gasteiger partial charge in [0.25, 0.3) is 0 Å². The number of alkyl halides is 1. The van der Waals surface area contributed by atoms with Crippen molar-refractivity contribution in [2.45, 2.75) is 19.2 Å². The topological polar surface area (TPSA) is 9.23 Å². The first-order chi connectivity index (χ1) is 9.02. The molecule has 2 rings (SSSR count). The fraction of sp³-hybridized carbons (Fsp3) is 0.250. The molecule has 0 aromatic heterocycles. The Morgan fingerprint density at radius 1 is 1.00 bits per heavy atom. The molecule has 1 atom stereocenters. The number of rotatable bonds is 3. The number of ether oxygens (including phenoxy) is 1. The second kappa shape index (κ2) is 5.98. The Morgan fingerprint density at radius 2 is 1.63 bits per heavy atom. The molecule has 0 amide bonds. The molecular formula is C16H16BrClO. The molecule has 2 aromatic rings. The Balaban J connectivity index is 2.35. The first kappa shape index (κ1) is 14.4. The normalized spacial score (nSPS) is 12.3. The lowest BCUT2D eigenvalue weighted by Gasteiger charge is -2.14. The quantitative estimate of drug-likeness (QED) is 0.680. The SMILES string of the molecule is COc1ccc(C(Cl)c2ccc(C)c(C)c2)cc1Br. The Morgan fingerprint density at radius 3 is 2.21 bits per heavy atom. The van der Waals surface area contributed by atoms with Crippen LogP contribution in [0.3, 0.4) is 0 Å². The molecule has 0 radical (unpaired) electrons. The smallest absolute Gasteiger partial charge is 0.133 e. The average molecular weight is 340 g/mol. The van der Waals surface area contributed by atoms with Crippen molar-refractivity contribution < 1.29 is 4.74 Å². The van der Waals surface area contributed by atoms with Crippen molar-refractivity contribution in [2.75, 3.05) is 7.11 Å². The monoisotopic (exact) mass is 338 g/mol. The summed E-state index contributed by atoms with van der Waals surface area (Å²) in [5.74, 6) is 0.813. The summed E-state index contributed by atoms with van der Waals surface area (Å²) in [6.45, 7) is 4.21. The van der Waals surface area contributed by atoms with Crippen molar-refractivity contribution >= 4 is 27.5 Å². The van der Waals surface area contributed by atoms with E-state index in [-0.39, 0.29) is 5.38 Å². The van der Waals surface area contributed by atoms with Crippen molar-refractivity contribution in [1.29, 1.82) is 0 Å². The summed E-state index contributed by atoms with van der Waals surface area (Å²) in [5.41, 5.74) is 4.71. The van der Waals surface area contributed by atoms with Crippen LogP contribution in [0.2, 0.25) is 0 Å². The predicted octanol–water partition coefficient (Wildman–Crippen LogP) is 5.40. The van der Waals surface area contributed by atoms with Crippen LogP contribution >= 0.6 is 27.5 Å². The molecule has 0 aliphatic heterocycles. The van der Waals surface area contributed by atoms with Crippen molar-refractivity contribution in [1.82, 2.24) is 0 Å². The highest BCUT2D eigenvalue weighted by Gasteiger charge is 2.13. The summed E-state index contributed by atoms with van der Waals surface area (Å²) >= 11 is 10.1. The summed E-state index contributed by atoms with van der Waals surface area (Å²) < 4.78 is 6.15. The second-order valence-electron chi connectivity index (χ2n) is 4.60. The lowest BCUT2D eigenvalue weighted by molar-refractivity contribution is 0.412. The van der Waals surface area contributed by atoms with Crippen LogP contribution in [0.25, 0.3) is 0 Å². The van der Waals surface area contributed by atoms with Crippen LogP contribution in [0.15, 0.2) is 40.9 Å². The van der Waals surface area contributed by atoms with Crippen LogP contribution in [-0.2, 0) is 0 Å². The number of methoxy groups -OCH3 is 1. The minimum Gasteiger partial charge on any atom is -0.496 e. The molecule has 19 heavy (non-hydrogen) atoms. The molecule has 0 saturated heterocycles. The third-order valence-electron chi connectivity index (χ3n) is 3.29. The van der Waals surface area contributed by atoms with Gasteiger partial charge in [0.1, 0.15) is 5.75 Å². The molecule has 0 fully saturated rings. The van der Waals surface area contributed by atoms with E-state index in [4.69, 9.17) is 16.3 Å². The number of hydrogen-bond donors (Lipinski definition) is 0. The van der Waals surface area contributed by atoms with Gasteiger partial charge < -0.3 is 4.74 Å². The average Bonchev–Trinajstić information content (AvgIpc) is 2.41. The van der Waals surface area contributed by atoms with E-state index < -0.39 is 0 Å². The van der Waals surface area contributed by atoms with Crippen molar-refractivity contribution in [2.24, 2.45) is 0 Å². The lowest BCUT2D eigenvalue weighted by atomic mass is 10.00. The van der Waals surface area contributed by atoms with E-state index >= 15 is 0 Å². The van der Waals surface area contributed by atoms with Crippen molar-refractivity contribution in [3.05, 3.63) is 63.1 Å². The lowest BCUT2D eigenvalue weighted by Crippen LogP contribution is -1.96. The molecule has 0 heterocycles. The zero-order chi connectivity index (χ0) is 14.0. The highest BCUT2D eigenvalue weighted by molar-refractivity contribution is 9.10. The van der Waals surface area contributed by atoms with Crippen molar-refractivity contribution in [3.63, 3.8) is 0 Å². The molecule has 0 aliphatic carbocycles. The summed E-state index contributed by atoms with van der Waals surface area (Å²) in [7, 11) is 1.65. The Bertz CT molecular complexity index is 595. The molecule has 2 aromatic carbocycles. The van der Waals surface area contributed by atoms with E-state index in [2.05, 4.69) is 48.0 Å². The molecule has 0 saturated carbocycles. The van der Waals surface area contributed by atoms with Gasteiger partial charge in [0.15, 0.2) is 0 Å². The largest absolute Gasteiger partial charge is 0.496 e. The van der Waals surface area contributed by atoms with Gasteiger partial charge in [0, 0.05) is 0 Å². The Kier molecular flexibility index (Phi) is 4.54. The van der Waals surface area contributed by atoms with Gasteiger partial charge in [0.2, 0.25) is 0 Å². The number of halogens is 2. The summed E-state index contributed by atoms with van der Waals surface area (Å²) in [4.78, 5) is 0. The van der Waals surface area contributed by atoms with E-state index in [0.717, 1.165) is 21.3 Å². The van der Waals surface area contributed by atoms with Gasteiger partial charge >= 0.3 is 0 Å². The maximum Gasteiger partial charge on any atom is 0.133 e. The van der Waals surface area contributed by atoms with Crippen LogP contribution in [0.5, 0.6) is 5.75 Å². The standard InChI is InChI=1S/C16H16BrClO/c1-10-4-5-12(8-11(10)2)16(18)13-6-7-15(19-3)14(17)9-13/h4-9,16H,1-3H3. The maximum atomic E-state index is 6.56. The zero-order valence-corrected chi connectivity index (χ0v) is 13.5. The predicted molar refractivity (Wildman–Crippen MR) is 84.3 cm³/mol. The Hall–Kier alpha value is -0.990. The minimum absolute atomic E-state index is 0.151. The van der Waals surface area contributed by atoms with E-state index in [1.165, 1.54) is 11.1 Å². The van der Waals surface area contributed by atoms with Crippen LogP contribution < -0.4 is 4.74 Å². The number of benzene rings is 2. The number of aryl methyl sites for hydroxylation is 2. The second-order valence-corrected chi connectivity index (χ2v) is 5.89. The summed E-state index contributed by atoms with van der Waals surface area (Å²) in [6, 6.07) is 12.3. The molecule has 1 nitrogen and oxygen atoms in total. The first-order valence-electron chi connectivity index (χ1n) is 6.07. The minimum atomic E-state index is -0.151. The first-order valence-corrected chi connectivity index (χ1v) is 7.30. The molecular weight excluding hydrogens is 324 g/mol. The number of hydrogen-bond acceptors (Lipinski definition) is 1. The van der Waals surface area contributed by atoms with Gasteiger partial charge in [-0.2, -0.15) is 0 Å². The fourth-order valence-electron chi connectivity index (χ4n) is 1.95. The van der Waals surface area contributed by atoms with Crippen LogP contribution in [0.1, 0.15) is 27.6 Å². The fourth-order valence-corrected chi connectivity index (χ4v) is 2.78. The van der Waals surface area contributed by atoms with Gasteiger partial charge in [-0.15, -0.1) is 11.6 Å². The zero-order valence-electron chi connectivity index (χ0n) is 11.2. The van der Waals surface area contributed by atoms with Gasteiger partial charge in [0.05, 0.1) is 17.0 Å². The molecule has 100 valence electrons. The van der Waals surface area contributed by atoms with Crippen LogP contribution in [0.4, 0.5) is 0 Å². The molecule has 0 spiro atoms. The molecule has 1 unspecified atom stereocenters. The molecule has 3 heteroatoms. The van der Waals surface area contributed by atoms with E-state index in [1.807, 2.05) is 18.2 Å². The van der Waals surface area contributed by atoms with Gasteiger partial charge in [-0.3, -0.25) is 0 Å². The summed E-state index contributed by atoms with van der Waals surface area (Å²) in [5, 5.41) is -0.151. The van der Waals surface area contributed by atoms with Gasteiger partial charge in [-0.1, -0.05) is 24.3 Å².